The van der Waals surface area contributed by atoms with E-state index < -0.39 is 0 Å². The van der Waals surface area contributed by atoms with Gasteiger partial charge in [0, 0.05) is 24.6 Å². The number of hydrogen-bond donors (Lipinski definition) is 2. The number of carbonyl (C=O) groups excluding carboxylic acids is 1. The zero-order valence-electron chi connectivity index (χ0n) is 14.7. The van der Waals surface area contributed by atoms with E-state index in [9.17, 15) is 4.79 Å². The summed E-state index contributed by atoms with van der Waals surface area (Å²) in [6.45, 7) is 7.09. The first-order chi connectivity index (χ1) is 11.7. The highest BCUT2D eigenvalue weighted by Gasteiger charge is 2.11. The number of amides is 1. The molecule has 0 spiro atoms. The molecule has 2 rings (SSSR count). The van der Waals surface area contributed by atoms with Gasteiger partial charge in [-0.05, 0) is 30.9 Å². The molecule has 2 aromatic rings. The van der Waals surface area contributed by atoms with Gasteiger partial charge in [-0.25, -0.2) is 9.97 Å². The second kappa shape index (κ2) is 9.01. The summed E-state index contributed by atoms with van der Waals surface area (Å²) in [5, 5.41) is 6.15. The number of aryl methyl sites for hydroxylation is 2. The van der Waals surface area contributed by atoms with Crippen LogP contribution in [0.1, 0.15) is 54.6 Å². The Hall–Kier alpha value is -2.43. The zero-order valence-corrected chi connectivity index (χ0v) is 14.7. The largest absolute Gasteiger partial charge is 0.354 e. The Morgan fingerprint density at radius 2 is 1.88 bits per heavy atom. The molecular weight excluding hydrogens is 300 g/mol. The van der Waals surface area contributed by atoms with Crippen molar-refractivity contribution in [2.45, 2.75) is 46.5 Å². The Balaban J connectivity index is 2.00. The van der Waals surface area contributed by atoms with Crippen LogP contribution in [0.4, 0.5) is 11.6 Å². The SMILES string of the molecule is CCCCCNc1ncc(C(=O)Nc2c(C)cccc2CC)cn1. The van der Waals surface area contributed by atoms with Crippen LogP contribution in [-0.2, 0) is 6.42 Å². The summed E-state index contributed by atoms with van der Waals surface area (Å²) in [5.74, 6) is 0.379. The van der Waals surface area contributed by atoms with E-state index in [0.717, 1.165) is 36.2 Å². The fourth-order valence-corrected chi connectivity index (χ4v) is 2.50. The van der Waals surface area contributed by atoms with Gasteiger partial charge in [0.15, 0.2) is 0 Å². The van der Waals surface area contributed by atoms with E-state index in [0.29, 0.717) is 11.5 Å². The molecule has 1 amide bonds. The molecular formula is C19H26N4O. The third-order valence-electron chi connectivity index (χ3n) is 3.96. The summed E-state index contributed by atoms with van der Waals surface area (Å²) in [5.41, 5.74) is 3.52. The molecule has 5 nitrogen and oxygen atoms in total. The van der Waals surface area contributed by atoms with Crippen molar-refractivity contribution in [3.63, 3.8) is 0 Å². The van der Waals surface area contributed by atoms with Gasteiger partial charge in [0.1, 0.15) is 0 Å². The number of hydrogen-bond acceptors (Lipinski definition) is 4. The molecule has 0 saturated carbocycles. The fourth-order valence-electron chi connectivity index (χ4n) is 2.50. The Kier molecular flexibility index (Phi) is 6.73. The zero-order chi connectivity index (χ0) is 17.4. The average Bonchev–Trinajstić information content (AvgIpc) is 2.61. The van der Waals surface area contributed by atoms with E-state index in [2.05, 4.69) is 34.4 Å². The molecule has 1 heterocycles. The quantitative estimate of drug-likeness (QED) is 0.713. The van der Waals surface area contributed by atoms with Crippen molar-refractivity contribution >= 4 is 17.5 Å². The van der Waals surface area contributed by atoms with Crippen molar-refractivity contribution in [1.82, 2.24) is 9.97 Å². The molecule has 0 aliphatic rings. The van der Waals surface area contributed by atoms with Crippen LogP contribution in [0.3, 0.4) is 0 Å². The van der Waals surface area contributed by atoms with Gasteiger partial charge in [0.05, 0.1) is 5.56 Å². The first-order valence-electron chi connectivity index (χ1n) is 8.61. The minimum Gasteiger partial charge on any atom is -0.354 e. The average molecular weight is 326 g/mol. The molecule has 0 aliphatic carbocycles. The molecule has 0 saturated heterocycles. The molecule has 0 unspecified atom stereocenters. The van der Waals surface area contributed by atoms with Crippen LogP contribution in [0.2, 0.25) is 0 Å². The summed E-state index contributed by atoms with van der Waals surface area (Å²) in [6, 6.07) is 6.03. The van der Waals surface area contributed by atoms with Crippen LogP contribution < -0.4 is 10.6 Å². The summed E-state index contributed by atoms with van der Waals surface area (Å²) in [6.07, 6.45) is 7.45. The van der Waals surface area contributed by atoms with E-state index in [1.54, 1.807) is 12.4 Å². The van der Waals surface area contributed by atoms with E-state index >= 15 is 0 Å². The van der Waals surface area contributed by atoms with Crippen molar-refractivity contribution in [3.8, 4) is 0 Å². The highest BCUT2D eigenvalue weighted by atomic mass is 16.1. The Morgan fingerprint density at radius 3 is 2.54 bits per heavy atom. The summed E-state index contributed by atoms with van der Waals surface area (Å²) in [7, 11) is 0. The van der Waals surface area contributed by atoms with Crippen molar-refractivity contribution < 1.29 is 4.79 Å². The van der Waals surface area contributed by atoms with E-state index in [1.807, 2.05) is 25.1 Å². The number of nitrogens with one attached hydrogen (secondary N) is 2. The number of benzene rings is 1. The predicted molar refractivity (Wildman–Crippen MR) is 98.6 cm³/mol. The Bertz CT molecular complexity index is 668. The van der Waals surface area contributed by atoms with E-state index in [4.69, 9.17) is 0 Å². The standard InChI is InChI=1S/C19H26N4O/c1-4-6-7-11-20-19-21-12-16(13-22-19)18(24)23-17-14(3)9-8-10-15(17)5-2/h8-10,12-13H,4-7,11H2,1-3H3,(H,23,24)(H,20,21,22). The molecule has 0 atom stereocenters. The van der Waals surface area contributed by atoms with Crippen LogP contribution in [0.5, 0.6) is 0 Å². The van der Waals surface area contributed by atoms with Crippen molar-refractivity contribution in [2.75, 3.05) is 17.2 Å². The lowest BCUT2D eigenvalue weighted by molar-refractivity contribution is 0.102. The predicted octanol–water partition coefficient (Wildman–Crippen LogP) is 4.20. The Morgan fingerprint density at radius 1 is 1.12 bits per heavy atom. The number of carbonyl (C=O) groups is 1. The molecule has 0 aliphatic heterocycles. The van der Waals surface area contributed by atoms with Gasteiger partial charge in [0.2, 0.25) is 5.95 Å². The maximum absolute atomic E-state index is 12.4. The van der Waals surface area contributed by atoms with Crippen LogP contribution >= 0.6 is 0 Å². The van der Waals surface area contributed by atoms with Gasteiger partial charge < -0.3 is 10.6 Å². The highest BCUT2D eigenvalue weighted by Crippen LogP contribution is 2.21. The molecule has 24 heavy (non-hydrogen) atoms. The molecule has 2 N–H and O–H groups in total. The second-order valence-electron chi connectivity index (χ2n) is 5.85. The lowest BCUT2D eigenvalue weighted by Gasteiger charge is -2.13. The van der Waals surface area contributed by atoms with Gasteiger partial charge >= 0.3 is 0 Å². The Labute approximate surface area is 143 Å². The minimum atomic E-state index is -0.184. The van der Waals surface area contributed by atoms with Crippen LogP contribution in [0, 0.1) is 6.92 Å². The minimum absolute atomic E-state index is 0.184. The topological polar surface area (TPSA) is 66.9 Å². The number of aromatic nitrogens is 2. The lowest BCUT2D eigenvalue weighted by Crippen LogP contribution is -2.15. The molecule has 1 aromatic heterocycles. The monoisotopic (exact) mass is 326 g/mol. The van der Waals surface area contributed by atoms with Crippen molar-refractivity contribution in [3.05, 3.63) is 47.3 Å². The third-order valence-corrected chi connectivity index (χ3v) is 3.96. The van der Waals surface area contributed by atoms with Crippen molar-refractivity contribution in [2.24, 2.45) is 0 Å². The number of anilines is 2. The second-order valence-corrected chi connectivity index (χ2v) is 5.85. The highest BCUT2D eigenvalue weighted by molar-refractivity contribution is 6.04. The summed E-state index contributed by atoms with van der Waals surface area (Å²) in [4.78, 5) is 20.9. The molecule has 5 heteroatoms. The molecule has 128 valence electrons. The molecule has 0 bridgehead atoms. The van der Waals surface area contributed by atoms with Gasteiger partial charge in [-0.15, -0.1) is 0 Å². The number of para-hydroxylation sites is 1. The van der Waals surface area contributed by atoms with Gasteiger partial charge in [-0.2, -0.15) is 0 Å². The molecule has 0 fully saturated rings. The van der Waals surface area contributed by atoms with Gasteiger partial charge in [-0.1, -0.05) is 44.9 Å². The van der Waals surface area contributed by atoms with Gasteiger partial charge in [-0.3, -0.25) is 4.79 Å². The fraction of sp³-hybridized carbons (Fsp3) is 0.421. The molecule has 1 aromatic carbocycles. The number of unbranched alkanes of at least 4 members (excludes halogenated alkanes) is 2. The summed E-state index contributed by atoms with van der Waals surface area (Å²) >= 11 is 0. The van der Waals surface area contributed by atoms with Gasteiger partial charge in [0.25, 0.3) is 5.91 Å². The summed E-state index contributed by atoms with van der Waals surface area (Å²) < 4.78 is 0. The van der Waals surface area contributed by atoms with Crippen LogP contribution in [0.15, 0.2) is 30.6 Å². The van der Waals surface area contributed by atoms with Crippen molar-refractivity contribution in [1.29, 1.82) is 0 Å². The number of nitrogens with zero attached hydrogens (tertiary/aromatic N) is 2. The molecule has 0 radical (unpaired) electrons. The maximum Gasteiger partial charge on any atom is 0.258 e. The lowest BCUT2D eigenvalue weighted by atomic mass is 10.1. The van der Waals surface area contributed by atoms with E-state index in [-0.39, 0.29) is 5.91 Å². The maximum atomic E-state index is 12.4. The first kappa shape index (κ1) is 17.9. The van der Waals surface area contributed by atoms with Crippen LogP contribution in [-0.4, -0.2) is 22.4 Å². The smallest absolute Gasteiger partial charge is 0.258 e. The normalized spacial score (nSPS) is 10.5. The third kappa shape index (κ3) is 4.78. The van der Waals surface area contributed by atoms with E-state index in [1.165, 1.54) is 12.8 Å². The van der Waals surface area contributed by atoms with Crippen LogP contribution in [0.25, 0.3) is 0 Å². The first-order valence-corrected chi connectivity index (χ1v) is 8.61. The number of rotatable bonds is 8.